The van der Waals surface area contributed by atoms with E-state index in [-0.39, 0.29) is 21.0 Å². The van der Waals surface area contributed by atoms with E-state index in [4.69, 9.17) is 9.52 Å². The van der Waals surface area contributed by atoms with Gasteiger partial charge in [0.05, 0.1) is 0 Å². The van der Waals surface area contributed by atoms with Crippen molar-refractivity contribution in [3.8, 4) is 0 Å². The van der Waals surface area contributed by atoms with Gasteiger partial charge in [-0.2, -0.15) is 0 Å². The molecule has 2 aromatic heterocycles. The summed E-state index contributed by atoms with van der Waals surface area (Å²) in [6, 6.07) is 2.23. The van der Waals surface area contributed by atoms with E-state index >= 15 is 0 Å². The third kappa shape index (κ3) is 2.51. The van der Waals surface area contributed by atoms with Crippen LogP contribution >= 0.6 is 11.3 Å². The number of nitrogens with one attached hydrogen (secondary N) is 1. The lowest BCUT2D eigenvalue weighted by Gasteiger charge is -1.99. The second kappa shape index (κ2) is 4.56. The fraction of sp³-hybridized carbons (Fsp3) is 0.300. The summed E-state index contributed by atoms with van der Waals surface area (Å²) in [5, 5.41) is 16.1. The van der Waals surface area contributed by atoms with E-state index in [2.05, 4.69) is 14.9 Å². The minimum absolute atomic E-state index is 0.0606. The Balaban J connectivity index is 1.81. The molecule has 0 atom stereocenters. The molecular formula is C10H9N3O5S2. The van der Waals surface area contributed by atoms with Crippen LogP contribution in [0.25, 0.3) is 0 Å². The largest absolute Gasteiger partial charge is 0.477 e. The zero-order valence-electron chi connectivity index (χ0n) is 9.94. The highest BCUT2D eigenvalue weighted by atomic mass is 32.2. The van der Waals surface area contributed by atoms with Crippen molar-refractivity contribution >= 4 is 33.3 Å². The Bertz CT molecular complexity index is 759. The highest BCUT2D eigenvalue weighted by Crippen LogP contribution is 2.39. The number of carbonyl (C=O) groups is 1. The van der Waals surface area contributed by atoms with Crippen LogP contribution in [0.2, 0.25) is 0 Å². The molecule has 0 unspecified atom stereocenters. The fourth-order valence-corrected chi connectivity index (χ4v) is 3.59. The SMILES string of the molecule is O=C(O)c1ccc(S(=O)(=O)Nc2nnc(C3CC3)o2)s1. The molecule has 1 aliphatic rings. The Labute approximate surface area is 117 Å². The summed E-state index contributed by atoms with van der Waals surface area (Å²) in [5.74, 6) is -0.536. The maximum absolute atomic E-state index is 12.0. The van der Waals surface area contributed by atoms with Crippen LogP contribution < -0.4 is 4.72 Å². The molecule has 0 radical (unpaired) electrons. The molecule has 1 saturated carbocycles. The van der Waals surface area contributed by atoms with Crippen LogP contribution in [0.15, 0.2) is 20.8 Å². The van der Waals surface area contributed by atoms with Gasteiger partial charge in [0.25, 0.3) is 10.0 Å². The standard InChI is InChI=1S/C10H9N3O5S2/c14-9(15)6-3-4-7(19-6)20(16,17)13-10-12-11-8(18-10)5-1-2-5/h3-5H,1-2H2,(H,12,13)(H,14,15). The summed E-state index contributed by atoms with van der Waals surface area (Å²) in [5.41, 5.74) is 0. The summed E-state index contributed by atoms with van der Waals surface area (Å²) >= 11 is 0.653. The second-order valence-corrected chi connectivity index (χ2v) is 7.24. The number of rotatable bonds is 5. The van der Waals surface area contributed by atoms with Crippen LogP contribution in [0, 0.1) is 0 Å². The summed E-state index contributed by atoms with van der Waals surface area (Å²) in [6.45, 7) is 0. The van der Waals surface area contributed by atoms with Gasteiger partial charge >= 0.3 is 12.0 Å². The quantitative estimate of drug-likeness (QED) is 0.857. The van der Waals surface area contributed by atoms with Crippen molar-refractivity contribution in [3.05, 3.63) is 22.9 Å². The second-order valence-electron chi connectivity index (χ2n) is 4.25. The van der Waals surface area contributed by atoms with Gasteiger partial charge in [-0.1, -0.05) is 5.10 Å². The summed E-state index contributed by atoms with van der Waals surface area (Å²) in [6.07, 6.45) is 1.92. The van der Waals surface area contributed by atoms with E-state index in [1.165, 1.54) is 12.1 Å². The molecule has 0 amide bonds. The number of carboxylic acid groups (broad SMARTS) is 1. The first-order valence-corrected chi connectivity index (χ1v) is 7.95. The van der Waals surface area contributed by atoms with Crippen molar-refractivity contribution in [1.82, 2.24) is 10.2 Å². The molecule has 0 bridgehead atoms. The average Bonchev–Trinajstić information content (AvgIpc) is 2.91. The Hall–Kier alpha value is -1.94. The molecule has 20 heavy (non-hydrogen) atoms. The van der Waals surface area contributed by atoms with Gasteiger partial charge < -0.3 is 9.52 Å². The minimum Gasteiger partial charge on any atom is -0.477 e. The number of hydrogen-bond donors (Lipinski definition) is 2. The number of anilines is 1. The van der Waals surface area contributed by atoms with Crippen LogP contribution in [0.4, 0.5) is 6.01 Å². The van der Waals surface area contributed by atoms with Gasteiger partial charge in [0, 0.05) is 5.92 Å². The first kappa shape index (κ1) is 13.1. The predicted octanol–water partition coefficient (Wildman–Crippen LogP) is 1.51. The van der Waals surface area contributed by atoms with Crippen molar-refractivity contribution in [3.63, 3.8) is 0 Å². The molecule has 3 rings (SSSR count). The monoisotopic (exact) mass is 315 g/mol. The van der Waals surface area contributed by atoms with Gasteiger partial charge in [-0.3, -0.25) is 0 Å². The van der Waals surface area contributed by atoms with Crippen molar-refractivity contribution < 1.29 is 22.7 Å². The van der Waals surface area contributed by atoms with Gasteiger partial charge in [0.2, 0.25) is 5.89 Å². The van der Waals surface area contributed by atoms with E-state index in [1.54, 1.807) is 0 Å². The molecule has 0 spiro atoms. The van der Waals surface area contributed by atoms with Gasteiger partial charge in [-0.25, -0.2) is 17.9 Å². The number of aromatic nitrogens is 2. The van der Waals surface area contributed by atoms with Crippen LogP contribution in [-0.4, -0.2) is 29.7 Å². The van der Waals surface area contributed by atoms with E-state index in [0.29, 0.717) is 17.2 Å². The summed E-state index contributed by atoms with van der Waals surface area (Å²) in [7, 11) is -3.91. The number of carboxylic acids is 1. The van der Waals surface area contributed by atoms with Gasteiger partial charge in [0.1, 0.15) is 9.09 Å². The third-order valence-corrected chi connectivity index (χ3v) is 5.53. The highest BCUT2D eigenvalue weighted by Gasteiger charge is 2.30. The Morgan fingerprint density at radius 3 is 2.75 bits per heavy atom. The van der Waals surface area contributed by atoms with Crippen molar-refractivity contribution in [2.45, 2.75) is 23.0 Å². The molecule has 1 aliphatic carbocycles. The Morgan fingerprint density at radius 1 is 1.40 bits per heavy atom. The lowest BCUT2D eigenvalue weighted by atomic mass is 10.4. The predicted molar refractivity (Wildman–Crippen MR) is 68.4 cm³/mol. The van der Waals surface area contributed by atoms with E-state index in [0.717, 1.165) is 12.8 Å². The minimum atomic E-state index is -3.91. The molecule has 0 aromatic carbocycles. The zero-order valence-corrected chi connectivity index (χ0v) is 11.6. The molecule has 0 aliphatic heterocycles. The summed E-state index contributed by atoms with van der Waals surface area (Å²) in [4.78, 5) is 10.7. The Kier molecular flexibility index (Phi) is 2.98. The molecule has 0 saturated heterocycles. The first-order valence-electron chi connectivity index (χ1n) is 5.65. The highest BCUT2D eigenvalue weighted by molar-refractivity contribution is 7.94. The normalized spacial score (nSPS) is 15.2. The number of hydrogen-bond acceptors (Lipinski definition) is 7. The molecule has 8 nitrogen and oxygen atoms in total. The van der Waals surface area contributed by atoms with Crippen LogP contribution in [-0.2, 0) is 10.0 Å². The maximum Gasteiger partial charge on any atom is 0.345 e. The molecule has 2 heterocycles. The molecule has 2 aromatic rings. The van der Waals surface area contributed by atoms with Crippen LogP contribution in [0.5, 0.6) is 0 Å². The smallest absolute Gasteiger partial charge is 0.345 e. The molecule has 2 N–H and O–H groups in total. The first-order chi connectivity index (χ1) is 9.45. The number of nitrogens with zero attached hydrogens (tertiary/aromatic N) is 2. The van der Waals surface area contributed by atoms with Gasteiger partial charge in [0.15, 0.2) is 0 Å². The average molecular weight is 315 g/mol. The number of aromatic carboxylic acids is 1. The van der Waals surface area contributed by atoms with Crippen LogP contribution in [0.3, 0.4) is 0 Å². The molecule has 1 fully saturated rings. The maximum atomic E-state index is 12.0. The van der Waals surface area contributed by atoms with E-state index in [9.17, 15) is 13.2 Å². The third-order valence-electron chi connectivity index (χ3n) is 2.65. The lowest BCUT2D eigenvalue weighted by Crippen LogP contribution is -2.11. The fourth-order valence-electron chi connectivity index (χ4n) is 1.52. The van der Waals surface area contributed by atoms with Gasteiger partial charge in [-0.15, -0.1) is 16.4 Å². The topological polar surface area (TPSA) is 122 Å². The molecule has 10 heteroatoms. The summed E-state index contributed by atoms with van der Waals surface area (Å²) < 4.78 is 31.2. The molecular weight excluding hydrogens is 306 g/mol. The number of thiophene rings is 1. The van der Waals surface area contributed by atoms with E-state index < -0.39 is 16.0 Å². The van der Waals surface area contributed by atoms with Crippen molar-refractivity contribution in [2.24, 2.45) is 0 Å². The molecule has 106 valence electrons. The van der Waals surface area contributed by atoms with Gasteiger partial charge in [-0.05, 0) is 25.0 Å². The zero-order chi connectivity index (χ0) is 14.3. The van der Waals surface area contributed by atoms with Crippen LogP contribution in [0.1, 0.15) is 34.3 Å². The number of sulfonamides is 1. The van der Waals surface area contributed by atoms with E-state index in [1.807, 2.05) is 0 Å². The van der Waals surface area contributed by atoms with Crippen molar-refractivity contribution in [2.75, 3.05) is 4.72 Å². The van der Waals surface area contributed by atoms with Crippen molar-refractivity contribution in [1.29, 1.82) is 0 Å². The Morgan fingerprint density at radius 2 is 2.15 bits per heavy atom. The lowest BCUT2D eigenvalue weighted by molar-refractivity contribution is 0.0702.